The molecule has 33 heavy (non-hydrogen) atoms. The van der Waals surface area contributed by atoms with Crippen LogP contribution in [0.25, 0.3) is 11.1 Å². The van der Waals surface area contributed by atoms with Crippen molar-refractivity contribution >= 4 is 23.1 Å². The first-order chi connectivity index (χ1) is 16.1. The maximum absolute atomic E-state index is 14.3. The van der Waals surface area contributed by atoms with E-state index in [1.165, 1.54) is 0 Å². The molecule has 0 radical (unpaired) electrons. The molecule has 1 N–H and O–H groups in total. The number of anilines is 2. The molecule has 1 aliphatic heterocycles. The van der Waals surface area contributed by atoms with Crippen LogP contribution >= 0.6 is 0 Å². The van der Waals surface area contributed by atoms with Gasteiger partial charge in [-0.25, -0.2) is 0 Å². The molecular weight excluding hydrogens is 412 g/mol. The lowest BCUT2D eigenvalue weighted by Crippen LogP contribution is -2.63. The van der Waals surface area contributed by atoms with E-state index in [4.69, 9.17) is 4.74 Å². The summed E-state index contributed by atoms with van der Waals surface area (Å²) in [4.78, 5) is 29.9. The van der Waals surface area contributed by atoms with Gasteiger partial charge in [-0.05, 0) is 47.5 Å². The van der Waals surface area contributed by atoms with Gasteiger partial charge in [-0.3, -0.25) is 14.5 Å². The van der Waals surface area contributed by atoms with E-state index < -0.39 is 5.66 Å². The maximum Gasteiger partial charge on any atom is 0.262 e. The van der Waals surface area contributed by atoms with Gasteiger partial charge in [-0.15, -0.1) is 0 Å². The van der Waals surface area contributed by atoms with Crippen molar-refractivity contribution in [2.24, 2.45) is 0 Å². The van der Waals surface area contributed by atoms with Gasteiger partial charge < -0.3 is 10.1 Å². The van der Waals surface area contributed by atoms with Crippen LogP contribution in [0.2, 0.25) is 0 Å². The number of methoxy groups -OCH3 is 1. The van der Waals surface area contributed by atoms with Gasteiger partial charge in [-0.2, -0.15) is 0 Å². The van der Waals surface area contributed by atoms with E-state index in [1.54, 1.807) is 30.2 Å². The normalized spacial score (nSPS) is 18.3. The second-order valence-electron chi connectivity index (χ2n) is 8.14. The van der Waals surface area contributed by atoms with Crippen molar-refractivity contribution < 1.29 is 14.3 Å². The second-order valence-corrected chi connectivity index (χ2v) is 8.14. The monoisotopic (exact) mass is 432 g/mol. The Morgan fingerprint density at radius 3 is 2.03 bits per heavy atom. The molecule has 0 aromatic heterocycles. The van der Waals surface area contributed by atoms with E-state index in [0.29, 0.717) is 28.3 Å². The number of ketones is 1. The van der Waals surface area contributed by atoms with Gasteiger partial charge in [-0.1, -0.05) is 60.7 Å². The number of fused-ring (bicyclic) bond motifs is 5. The summed E-state index contributed by atoms with van der Waals surface area (Å²) >= 11 is 0. The lowest BCUT2D eigenvalue weighted by molar-refractivity contribution is 0.0828. The van der Waals surface area contributed by atoms with Crippen LogP contribution in [0.15, 0.2) is 97.1 Å². The molecular formula is C28H20N2O3. The Kier molecular flexibility index (Phi) is 4.14. The van der Waals surface area contributed by atoms with Crippen LogP contribution in [0.1, 0.15) is 26.3 Å². The van der Waals surface area contributed by atoms with Crippen molar-refractivity contribution in [1.29, 1.82) is 0 Å². The minimum atomic E-state index is -1.43. The molecule has 5 heteroatoms. The molecule has 1 atom stereocenters. The Labute approximate surface area is 191 Å². The summed E-state index contributed by atoms with van der Waals surface area (Å²) in [6, 6.07) is 29.9. The number of amides is 1. The van der Waals surface area contributed by atoms with Gasteiger partial charge >= 0.3 is 0 Å². The lowest BCUT2D eigenvalue weighted by Gasteiger charge is -2.49. The van der Waals surface area contributed by atoms with Gasteiger partial charge in [0.15, 0.2) is 0 Å². The fourth-order valence-electron chi connectivity index (χ4n) is 4.96. The molecule has 160 valence electrons. The molecule has 0 saturated carbocycles. The molecule has 1 amide bonds. The van der Waals surface area contributed by atoms with Gasteiger partial charge in [0.25, 0.3) is 5.91 Å². The zero-order valence-corrected chi connectivity index (χ0v) is 17.9. The summed E-state index contributed by atoms with van der Waals surface area (Å²) < 4.78 is 5.31. The molecule has 2 aliphatic rings. The topological polar surface area (TPSA) is 58.6 Å². The van der Waals surface area contributed by atoms with E-state index in [-0.39, 0.29) is 11.7 Å². The van der Waals surface area contributed by atoms with Crippen LogP contribution in [0.3, 0.4) is 0 Å². The largest absolute Gasteiger partial charge is 0.497 e. The van der Waals surface area contributed by atoms with Crippen molar-refractivity contribution in [3.63, 3.8) is 0 Å². The summed E-state index contributed by atoms with van der Waals surface area (Å²) in [5.74, 6) is 0.263. The number of nitrogens with zero attached hydrogens (tertiary/aromatic N) is 1. The molecule has 0 saturated heterocycles. The van der Waals surface area contributed by atoms with E-state index in [9.17, 15) is 9.59 Å². The van der Waals surface area contributed by atoms with Crippen LogP contribution < -0.4 is 15.0 Å². The number of rotatable bonds is 2. The van der Waals surface area contributed by atoms with E-state index in [0.717, 1.165) is 16.7 Å². The maximum atomic E-state index is 14.3. The van der Waals surface area contributed by atoms with Crippen molar-refractivity contribution in [3.05, 3.63) is 114 Å². The summed E-state index contributed by atoms with van der Waals surface area (Å²) in [5, 5.41) is 3.49. The molecule has 6 rings (SSSR count). The fourth-order valence-corrected chi connectivity index (χ4v) is 4.96. The minimum absolute atomic E-state index is 0.171. The molecule has 1 heterocycles. The predicted octanol–water partition coefficient (Wildman–Crippen LogP) is 5.48. The molecule has 1 aliphatic carbocycles. The highest BCUT2D eigenvalue weighted by Crippen LogP contribution is 2.49. The number of hydrogen-bond donors (Lipinski definition) is 1. The number of carbonyl (C=O) groups is 2. The first kappa shape index (κ1) is 19.3. The molecule has 1 spiro atoms. The third kappa shape index (κ3) is 2.59. The second kappa shape index (κ2) is 7.07. The molecule has 0 bridgehead atoms. The van der Waals surface area contributed by atoms with Crippen LogP contribution in [-0.4, -0.2) is 18.8 Å². The average Bonchev–Trinajstić information content (AvgIpc) is 2.88. The molecule has 1 unspecified atom stereocenters. The Balaban J connectivity index is 1.69. The molecule has 5 nitrogen and oxygen atoms in total. The standard InChI is InChI=1S/C28H20N2O3/c1-33-19-16-14-18(15-17-19)30-27(32)23-11-5-7-13-25(23)29-28(30)24-12-6-4-9-21(24)20-8-2-3-10-22(20)26(28)31/h2-17,29H,1H3. The van der Waals surface area contributed by atoms with Gasteiger partial charge in [0.1, 0.15) is 5.75 Å². The smallest absolute Gasteiger partial charge is 0.262 e. The third-order valence-electron chi connectivity index (χ3n) is 6.45. The Morgan fingerprint density at radius 2 is 1.30 bits per heavy atom. The van der Waals surface area contributed by atoms with Crippen molar-refractivity contribution in [3.8, 4) is 16.9 Å². The number of benzene rings is 4. The van der Waals surface area contributed by atoms with Crippen LogP contribution in [0.5, 0.6) is 5.75 Å². The number of ether oxygens (including phenoxy) is 1. The van der Waals surface area contributed by atoms with Crippen molar-refractivity contribution in [1.82, 2.24) is 0 Å². The first-order valence-electron chi connectivity index (χ1n) is 10.7. The highest BCUT2D eigenvalue weighted by molar-refractivity contribution is 6.24. The molecule has 4 aromatic carbocycles. The lowest BCUT2D eigenvalue weighted by atomic mass is 9.75. The highest BCUT2D eigenvalue weighted by atomic mass is 16.5. The van der Waals surface area contributed by atoms with E-state index in [2.05, 4.69) is 5.32 Å². The average molecular weight is 432 g/mol. The van der Waals surface area contributed by atoms with Crippen LogP contribution in [0.4, 0.5) is 11.4 Å². The number of carbonyl (C=O) groups excluding carboxylic acids is 2. The SMILES string of the molecule is COc1ccc(N2C(=O)c3ccccc3NC23C(=O)c2ccccc2-c2ccccc23)cc1. The van der Waals surface area contributed by atoms with Crippen LogP contribution in [-0.2, 0) is 5.66 Å². The number of Topliss-reactive ketones (excluding diaryl/α,β-unsaturated/α-hetero) is 1. The fraction of sp³-hybridized carbons (Fsp3) is 0.0714. The number of nitrogens with one attached hydrogen (secondary N) is 1. The first-order valence-corrected chi connectivity index (χ1v) is 10.7. The zero-order chi connectivity index (χ0) is 22.6. The van der Waals surface area contributed by atoms with Gasteiger partial charge in [0.05, 0.1) is 12.7 Å². The van der Waals surface area contributed by atoms with Crippen molar-refractivity contribution in [2.45, 2.75) is 5.66 Å². The Bertz CT molecular complexity index is 1430. The summed E-state index contributed by atoms with van der Waals surface area (Å²) in [7, 11) is 1.60. The highest BCUT2D eigenvalue weighted by Gasteiger charge is 2.56. The van der Waals surface area contributed by atoms with Gasteiger partial charge in [0.2, 0.25) is 11.4 Å². The predicted molar refractivity (Wildman–Crippen MR) is 128 cm³/mol. The number of para-hydroxylation sites is 1. The number of hydrogen-bond acceptors (Lipinski definition) is 4. The Hall–Kier alpha value is -4.38. The minimum Gasteiger partial charge on any atom is -0.497 e. The van der Waals surface area contributed by atoms with Crippen LogP contribution in [0, 0.1) is 0 Å². The van der Waals surface area contributed by atoms with E-state index in [1.807, 2.05) is 78.9 Å². The third-order valence-corrected chi connectivity index (χ3v) is 6.45. The molecule has 4 aromatic rings. The Morgan fingerprint density at radius 1 is 0.697 bits per heavy atom. The van der Waals surface area contributed by atoms with Crippen molar-refractivity contribution in [2.75, 3.05) is 17.3 Å². The van der Waals surface area contributed by atoms with Gasteiger partial charge in [0, 0.05) is 22.5 Å². The molecule has 0 fully saturated rings. The summed E-state index contributed by atoms with van der Waals surface area (Å²) in [6.45, 7) is 0. The summed E-state index contributed by atoms with van der Waals surface area (Å²) in [6.07, 6.45) is 0. The summed E-state index contributed by atoms with van der Waals surface area (Å²) in [5.41, 5.74) is 3.44. The van der Waals surface area contributed by atoms with E-state index >= 15 is 0 Å². The zero-order valence-electron chi connectivity index (χ0n) is 17.9. The quantitative estimate of drug-likeness (QED) is 0.455.